The van der Waals surface area contributed by atoms with Crippen molar-refractivity contribution in [3.8, 4) is 0 Å². The van der Waals surface area contributed by atoms with Crippen LogP contribution in [0.1, 0.15) is 49.8 Å². The molecular formula is C13H17NO2S. The van der Waals surface area contributed by atoms with Gasteiger partial charge in [-0.2, -0.15) is 0 Å². The number of hydrogen-bond acceptors (Lipinski definition) is 3. The maximum absolute atomic E-state index is 10.6. The zero-order valence-corrected chi connectivity index (χ0v) is 10.7. The fourth-order valence-corrected chi connectivity index (χ4v) is 3.04. The van der Waals surface area contributed by atoms with E-state index in [-0.39, 0.29) is 9.92 Å². The molecule has 0 N–H and O–H groups in total. The number of rotatable bonds is 2. The van der Waals surface area contributed by atoms with E-state index < -0.39 is 0 Å². The van der Waals surface area contributed by atoms with Gasteiger partial charge in [0.15, 0.2) is 0 Å². The van der Waals surface area contributed by atoms with Crippen molar-refractivity contribution in [2.75, 3.05) is 0 Å². The van der Waals surface area contributed by atoms with E-state index in [2.05, 4.69) is 6.08 Å². The molecule has 1 saturated carbocycles. The Morgan fingerprint density at radius 1 is 1.12 bits per heavy atom. The van der Waals surface area contributed by atoms with Crippen molar-refractivity contribution >= 4 is 22.4 Å². The Morgan fingerprint density at radius 3 is 2.35 bits per heavy atom. The van der Waals surface area contributed by atoms with Gasteiger partial charge in [0.25, 0.3) is 0 Å². The van der Waals surface area contributed by atoms with Crippen LogP contribution < -0.4 is 0 Å². The van der Waals surface area contributed by atoms with Crippen molar-refractivity contribution in [2.45, 2.75) is 44.9 Å². The van der Waals surface area contributed by atoms with Crippen LogP contribution in [0.15, 0.2) is 17.7 Å². The Kier molecular flexibility index (Phi) is 4.31. The fourth-order valence-electron chi connectivity index (χ4n) is 2.22. The molecule has 0 amide bonds. The van der Waals surface area contributed by atoms with Gasteiger partial charge in [0.2, 0.25) is 0 Å². The normalized spacial score (nSPS) is 17.3. The van der Waals surface area contributed by atoms with Gasteiger partial charge in [-0.15, -0.1) is 0 Å². The molecule has 0 saturated heterocycles. The average Bonchev–Trinajstić information content (AvgIpc) is 2.70. The third kappa shape index (κ3) is 3.66. The summed E-state index contributed by atoms with van der Waals surface area (Å²) in [6.45, 7) is 0. The van der Waals surface area contributed by atoms with Gasteiger partial charge in [-0.25, -0.2) is 0 Å². The highest BCUT2D eigenvalue weighted by Crippen LogP contribution is 2.29. The van der Waals surface area contributed by atoms with Crippen LogP contribution in [0.5, 0.6) is 0 Å². The summed E-state index contributed by atoms with van der Waals surface area (Å²) in [5.74, 6) is 0. The number of nitro groups is 1. The summed E-state index contributed by atoms with van der Waals surface area (Å²) in [6.07, 6.45) is 11.0. The van der Waals surface area contributed by atoms with E-state index >= 15 is 0 Å². The molecule has 0 unspecified atom stereocenters. The minimum Gasteiger partial charge on any atom is -0.258 e. The van der Waals surface area contributed by atoms with E-state index in [9.17, 15) is 10.1 Å². The van der Waals surface area contributed by atoms with Crippen molar-refractivity contribution in [1.82, 2.24) is 0 Å². The lowest BCUT2D eigenvalue weighted by Crippen LogP contribution is -1.91. The van der Waals surface area contributed by atoms with Gasteiger partial charge in [0.05, 0.1) is 4.92 Å². The van der Waals surface area contributed by atoms with Crippen LogP contribution in [0.4, 0.5) is 5.00 Å². The van der Waals surface area contributed by atoms with Crippen LogP contribution in [0.2, 0.25) is 0 Å². The molecule has 0 bridgehead atoms. The number of thiophene rings is 1. The molecule has 3 nitrogen and oxygen atoms in total. The Morgan fingerprint density at radius 2 is 1.76 bits per heavy atom. The first-order valence-corrected chi connectivity index (χ1v) is 7.01. The Bertz CT molecular complexity index is 413. The maximum Gasteiger partial charge on any atom is 0.324 e. The van der Waals surface area contributed by atoms with Crippen LogP contribution in [0, 0.1) is 10.1 Å². The van der Waals surface area contributed by atoms with Crippen molar-refractivity contribution in [2.24, 2.45) is 0 Å². The first kappa shape index (κ1) is 12.3. The van der Waals surface area contributed by atoms with Gasteiger partial charge in [-0.3, -0.25) is 10.1 Å². The fraction of sp³-hybridized carbons (Fsp3) is 0.538. The molecule has 1 heterocycles. The summed E-state index contributed by atoms with van der Waals surface area (Å²) < 4.78 is 0. The molecule has 0 atom stereocenters. The van der Waals surface area contributed by atoms with E-state index in [1.807, 2.05) is 6.07 Å². The minimum absolute atomic E-state index is 0.239. The summed E-state index contributed by atoms with van der Waals surface area (Å²) in [6, 6.07) is 3.45. The molecule has 1 aliphatic rings. The highest BCUT2D eigenvalue weighted by Gasteiger charge is 2.09. The van der Waals surface area contributed by atoms with E-state index in [0.717, 1.165) is 17.7 Å². The smallest absolute Gasteiger partial charge is 0.258 e. The molecule has 2 rings (SSSR count). The van der Waals surface area contributed by atoms with E-state index in [4.69, 9.17) is 0 Å². The molecule has 0 aromatic carbocycles. The third-order valence-electron chi connectivity index (χ3n) is 3.13. The topological polar surface area (TPSA) is 43.1 Å². The van der Waals surface area contributed by atoms with Crippen molar-refractivity contribution in [1.29, 1.82) is 0 Å². The second-order valence-corrected chi connectivity index (χ2v) is 5.60. The third-order valence-corrected chi connectivity index (χ3v) is 4.12. The van der Waals surface area contributed by atoms with Gasteiger partial charge in [-0.05, 0) is 37.8 Å². The summed E-state index contributed by atoms with van der Waals surface area (Å²) in [4.78, 5) is 11.3. The first-order valence-electron chi connectivity index (χ1n) is 6.19. The quantitative estimate of drug-likeness (QED) is 0.560. The summed E-state index contributed by atoms with van der Waals surface area (Å²) in [5, 5.41) is 10.8. The van der Waals surface area contributed by atoms with Crippen LogP contribution >= 0.6 is 11.3 Å². The summed E-state index contributed by atoms with van der Waals surface area (Å²) >= 11 is 1.27. The van der Waals surface area contributed by atoms with Crippen molar-refractivity contribution < 1.29 is 4.92 Å². The lowest BCUT2D eigenvalue weighted by atomic mass is 9.96. The number of nitrogens with zero attached hydrogens (tertiary/aromatic N) is 1. The van der Waals surface area contributed by atoms with Crippen molar-refractivity contribution in [3.05, 3.63) is 32.7 Å². The van der Waals surface area contributed by atoms with Gasteiger partial charge in [0, 0.05) is 10.9 Å². The van der Waals surface area contributed by atoms with E-state index in [1.54, 1.807) is 6.07 Å². The lowest BCUT2D eigenvalue weighted by molar-refractivity contribution is -0.380. The monoisotopic (exact) mass is 251 g/mol. The van der Waals surface area contributed by atoms with Gasteiger partial charge in [-0.1, -0.05) is 36.2 Å². The van der Waals surface area contributed by atoms with E-state index in [1.165, 1.54) is 49.0 Å². The van der Waals surface area contributed by atoms with Crippen LogP contribution in [-0.2, 0) is 0 Å². The molecule has 4 heteroatoms. The SMILES string of the molecule is O=[N+]([O-])c1ccc(C=C2CCCCCCC2)s1. The highest BCUT2D eigenvalue weighted by atomic mass is 32.1. The largest absolute Gasteiger partial charge is 0.324 e. The molecule has 1 aromatic rings. The predicted octanol–water partition coefficient (Wildman–Crippen LogP) is 4.78. The summed E-state index contributed by atoms with van der Waals surface area (Å²) in [7, 11) is 0. The van der Waals surface area contributed by atoms with E-state index in [0.29, 0.717) is 0 Å². The minimum atomic E-state index is -0.315. The molecule has 17 heavy (non-hydrogen) atoms. The molecule has 0 aliphatic heterocycles. The van der Waals surface area contributed by atoms with Crippen LogP contribution in [0.25, 0.3) is 6.08 Å². The zero-order chi connectivity index (χ0) is 12.1. The zero-order valence-electron chi connectivity index (χ0n) is 9.85. The van der Waals surface area contributed by atoms with Gasteiger partial charge < -0.3 is 0 Å². The Hall–Kier alpha value is -1.16. The molecule has 92 valence electrons. The lowest BCUT2D eigenvalue weighted by Gasteiger charge is -2.11. The predicted molar refractivity (Wildman–Crippen MR) is 71.3 cm³/mol. The molecule has 1 aliphatic carbocycles. The standard InChI is InChI=1S/C13H17NO2S/c15-14(16)13-9-8-12(17-13)10-11-6-4-2-1-3-5-7-11/h8-10H,1-7H2. The van der Waals surface area contributed by atoms with Gasteiger partial charge >= 0.3 is 5.00 Å². The average molecular weight is 251 g/mol. The highest BCUT2D eigenvalue weighted by molar-refractivity contribution is 7.16. The maximum atomic E-state index is 10.6. The Balaban J connectivity index is 2.07. The number of allylic oxidation sites excluding steroid dienone is 1. The Labute approximate surface area is 105 Å². The van der Waals surface area contributed by atoms with Crippen molar-refractivity contribution in [3.63, 3.8) is 0 Å². The van der Waals surface area contributed by atoms with Crippen LogP contribution in [-0.4, -0.2) is 4.92 Å². The second kappa shape index (κ2) is 5.96. The first-order chi connectivity index (χ1) is 8.25. The second-order valence-electron chi connectivity index (χ2n) is 4.50. The number of hydrogen-bond donors (Lipinski definition) is 0. The molecule has 1 aromatic heterocycles. The van der Waals surface area contributed by atoms with Gasteiger partial charge in [0.1, 0.15) is 0 Å². The molecular weight excluding hydrogens is 234 g/mol. The molecule has 0 spiro atoms. The molecule has 1 fully saturated rings. The van der Waals surface area contributed by atoms with Crippen LogP contribution in [0.3, 0.4) is 0 Å². The summed E-state index contributed by atoms with van der Waals surface area (Å²) in [5.41, 5.74) is 1.46. The molecule has 0 radical (unpaired) electrons.